The van der Waals surface area contributed by atoms with Crippen molar-refractivity contribution in [1.82, 2.24) is 10.2 Å². The molecule has 1 aromatic carbocycles. The molecule has 4 nitrogen and oxygen atoms in total. The van der Waals surface area contributed by atoms with Crippen LogP contribution >= 0.6 is 0 Å². The van der Waals surface area contributed by atoms with E-state index in [4.69, 9.17) is 0 Å². The van der Waals surface area contributed by atoms with E-state index in [1.807, 2.05) is 5.32 Å². The van der Waals surface area contributed by atoms with Crippen molar-refractivity contribution in [2.24, 2.45) is 0 Å². The second-order valence-corrected chi connectivity index (χ2v) is 3.41. The van der Waals surface area contributed by atoms with Gasteiger partial charge in [0, 0.05) is 5.56 Å². The van der Waals surface area contributed by atoms with Crippen LogP contribution in [0.25, 0.3) is 0 Å². The summed E-state index contributed by atoms with van der Waals surface area (Å²) in [6.45, 7) is -0.428. The zero-order valence-corrected chi connectivity index (χ0v) is 8.17. The topological polar surface area (TPSA) is 49.4 Å². The molecule has 1 aliphatic rings. The molecule has 0 unspecified atom stereocenters. The lowest BCUT2D eigenvalue weighted by molar-refractivity contribution is -0.118. The zero-order valence-electron chi connectivity index (χ0n) is 8.17. The summed E-state index contributed by atoms with van der Waals surface area (Å²) < 4.78 is 26.5. The van der Waals surface area contributed by atoms with Crippen LogP contribution in [0.3, 0.4) is 0 Å². The van der Waals surface area contributed by atoms with Crippen molar-refractivity contribution in [3.8, 4) is 0 Å². The summed E-state index contributed by atoms with van der Waals surface area (Å²) in [6.07, 6.45) is 0. The van der Waals surface area contributed by atoms with Crippen LogP contribution in [0, 0.1) is 11.6 Å². The number of amides is 3. The van der Waals surface area contributed by atoms with Gasteiger partial charge in [0.1, 0.15) is 18.2 Å². The Morgan fingerprint density at radius 3 is 2.38 bits per heavy atom. The molecule has 6 heteroatoms. The second-order valence-electron chi connectivity index (χ2n) is 3.41. The van der Waals surface area contributed by atoms with Crippen LogP contribution in [0.1, 0.15) is 5.56 Å². The molecule has 1 N–H and O–H groups in total. The first-order valence-electron chi connectivity index (χ1n) is 4.59. The maximum atomic E-state index is 13.2. The third-order valence-electron chi connectivity index (χ3n) is 2.28. The summed E-state index contributed by atoms with van der Waals surface area (Å²) in [7, 11) is 0. The Bertz CT molecular complexity index is 442. The van der Waals surface area contributed by atoms with E-state index in [9.17, 15) is 18.4 Å². The molecule has 0 atom stereocenters. The predicted molar refractivity (Wildman–Crippen MR) is 50.3 cm³/mol. The van der Waals surface area contributed by atoms with E-state index in [1.165, 1.54) is 6.07 Å². The number of carbonyl (C=O) groups is 2. The minimum Gasteiger partial charge on any atom is -0.311 e. The molecular weight excluding hydrogens is 218 g/mol. The molecule has 3 amide bonds. The van der Waals surface area contributed by atoms with E-state index in [1.54, 1.807) is 0 Å². The van der Waals surface area contributed by atoms with Gasteiger partial charge < -0.3 is 4.90 Å². The molecule has 1 saturated heterocycles. The predicted octanol–water partition coefficient (Wildman–Crippen LogP) is 1.02. The van der Waals surface area contributed by atoms with Gasteiger partial charge >= 0.3 is 6.03 Å². The van der Waals surface area contributed by atoms with Crippen molar-refractivity contribution in [3.63, 3.8) is 0 Å². The molecule has 2 rings (SSSR count). The van der Waals surface area contributed by atoms with Crippen molar-refractivity contribution in [1.29, 1.82) is 0 Å². The van der Waals surface area contributed by atoms with Crippen LogP contribution in [0.2, 0.25) is 0 Å². The molecule has 0 spiro atoms. The summed E-state index contributed by atoms with van der Waals surface area (Å²) in [4.78, 5) is 23.1. The Balaban J connectivity index is 2.21. The lowest BCUT2D eigenvalue weighted by Crippen LogP contribution is -2.28. The van der Waals surface area contributed by atoms with Gasteiger partial charge in [-0.3, -0.25) is 10.1 Å². The Morgan fingerprint density at radius 1 is 1.25 bits per heavy atom. The van der Waals surface area contributed by atoms with E-state index in [0.717, 1.165) is 17.0 Å². The quantitative estimate of drug-likeness (QED) is 0.765. The Kier molecular flexibility index (Phi) is 2.55. The van der Waals surface area contributed by atoms with Gasteiger partial charge in [-0.25, -0.2) is 13.6 Å². The first kappa shape index (κ1) is 10.5. The summed E-state index contributed by atoms with van der Waals surface area (Å²) >= 11 is 0. The Hall–Kier alpha value is -1.98. The van der Waals surface area contributed by atoms with E-state index in [2.05, 4.69) is 0 Å². The number of halogens is 2. The standard InChI is InChI=1S/C10H8F2N2O2/c11-7-2-1-3-8(12)6(7)4-14-5-9(15)13-10(14)16/h1-3H,4-5H2,(H,13,15,16). The molecule has 84 valence electrons. The molecule has 1 aliphatic heterocycles. The highest BCUT2D eigenvalue weighted by atomic mass is 19.1. The smallest absolute Gasteiger partial charge is 0.311 e. The number of nitrogens with one attached hydrogen (secondary N) is 1. The number of imide groups is 1. The van der Waals surface area contributed by atoms with Gasteiger partial charge in [0.25, 0.3) is 0 Å². The third kappa shape index (κ3) is 1.86. The number of benzene rings is 1. The highest BCUT2D eigenvalue weighted by molar-refractivity contribution is 6.01. The molecule has 0 aromatic heterocycles. The molecule has 0 aliphatic carbocycles. The van der Waals surface area contributed by atoms with Crippen LogP contribution in [-0.4, -0.2) is 23.4 Å². The SMILES string of the molecule is O=C1CN(Cc2c(F)cccc2F)C(=O)N1. The van der Waals surface area contributed by atoms with Gasteiger partial charge in [0.2, 0.25) is 5.91 Å². The van der Waals surface area contributed by atoms with Gasteiger partial charge in [0.05, 0.1) is 6.54 Å². The number of hydrogen-bond acceptors (Lipinski definition) is 2. The molecule has 0 saturated carbocycles. The normalized spacial score (nSPS) is 15.5. The van der Waals surface area contributed by atoms with Gasteiger partial charge in [-0.2, -0.15) is 0 Å². The van der Waals surface area contributed by atoms with Crippen molar-refractivity contribution in [2.75, 3.05) is 6.54 Å². The van der Waals surface area contributed by atoms with Gasteiger partial charge in [0.15, 0.2) is 0 Å². The highest BCUT2D eigenvalue weighted by Gasteiger charge is 2.28. The number of hydrogen-bond donors (Lipinski definition) is 1. The molecule has 1 fully saturated rings. The summed E-state index contributed by atoms with van der Waals surface area (Å²) in [6, 6.07) is 2.82. The van der Waals surface area contributed by atoms with Crippen LogP contribution in [-0.2, 0) is 11.3 Å². The third-order valence-corrected chi connectivity index (χ3v) is 2.28. The molecular formula is C10H8F2N2O2. The monoisotopic (exact) mass is 226 g/mol. The molecule has 1 aromatic rings. The fourth-order valence-corrected chi connectivity index (χ4v) is 1.48. The van der Waals surface area contributed by atoms with Crippen molar-refractivity contribution >= 4 is 11.9 Å². The average molecular weight is 226 g/mol. The van der Waals surface area contributed by atoms with Crippen LogP contribution in [0.4, 0.5) is 13.6 Å². The summed E-state index contributed by atoms with van der Waals surface area (Å²) in [5, 5.41) is 2.03. The minimum atomic E-state index is -0.729. The average Bonchev–Trinajstić information content (AvgIpc) is 2.51. The van der Waals surface area contributed by atoms with Crippen LogP contribution in [0.5, 0.6) is 0 Å². The lowest BCUT2D eigenvalue weighted by Gasteiger charge is -2.13. The molecule has 0 bridgehead atoms. The maximum Gasteiger partial charge on any atom is 0.324 e. The summed E-state index contributed by atoms with van der Waals surface area (Å²) in [5.41, 5.74) is -0.215. The second kappa shape index (κ2) is 3.88. The number of carbonyl (C=O) groups excluding carboxylic acids is 2. The number of nitrogens with zero attached hydrogens (tertiary/aromatic N) is 1. The molecule has 1 heterocycles. The molecule has 16 heavy (non-hydrogen) atoms. The van der Waals surface area contributed by atoms with E-state index in [0.29, 0.717) is 0 Å². The van der Waals surface area contributed by atoms with E-state index < -0.39 is 23.6 Å². The largest absolute Gasteiger partial charge is 0.324 e. The molecule has 0 radical (unpaired) electrons. The lowest BCUT2D eigenvalue weighted by atomic mass is 10.2. The highest BCUT2D eigenvalue weighted by Crippen LogP contribution is 2.15. The van der Waals surface area contributed by atoms with Crippen LogP contribution < -0.4 is 5.32 Å². The van der Waals surface area contributed by atoms with Gasteiger partial charge in [-0.1, -0.05) is 6.07 Å². The van der Waals surface area contributed by atoms with E-state index >= 15 is 0 Å². The van der Waals surface area contributed by atoms with Crippen molar-refractivity contribution in [3.05, 3.63) is 35.4 Å². The number of rotatable bonds is 2. The van der Waals surface area contributed by atoms with Crippen molar-refractivity contribution in [2.45, 2.75) is 6.54 Å². The minimum absolute atomic E-state index is 0.174. The fraction of sp³-hybridized carbons (Fsp3) is 0.200. The maximum absolute atomic E-state index is 13.2. The van der Waals surface area contributed by atoms with E-state index in [-0.39, 0.29) is 18.7 Å². The Morgan fingerprint density at radius 2 is 1.88 bits per heavy atom. The Labute approximate surface area is 89.8 Å². The van der Waals surface area contributed by atoms with Gasteiger partial charge in [-0.05, 0) is 12.1 Å². The van der Waals surface area contributed by atoms with Crippen molar-refractivity contribution < 1.29 is 18.4 Å². The summed E-state index contributed by atoms with van der Waals surface area (Å²) in [5.74, 6) is -1.93. The zero-order chi connectivity index (χ0) is 11.7. The first-order chi connectivity index (χ1) is 7.58. The van der Waals surface area contributed by atoms with Crippen LogP contribution in [0.15, 0.2) is 18.2 Å². The first-order valence-corrected chi connectivity index (χ1v) is 4.59. The number of urea groups is 1. The van der Waals surface area contributed by atoms with Gasteiger partial charge in [-0.15, -0.1) is 0 Å². The fourth-order valence-electron chi connectivity index (χ4n) is 1.48.